The van der Waals surface area contributed by atoms with Gasteiger partial charge in [-0.3, -0.25) is 4.90 Å². The molecule has 3 heterocycles. The van der Waals surface area contributed by atoms with Gasteiger partial charge in [-0.15, -0.1) is 10.2 Å². The molecule has 0 aromatic carbocycles. The van der Waals surface area contributed by atoms with Crippen molar-refractivity contribution in [2.75, 3.05) is 32.7 Å². The van der Waals surface area contributed by atoms with Crippen molar-refractivity contribution in [1.82, 2.24) is 35.0 Å². The highest BCUT2D eigenvalue weighted by Gasteiger charge is 2.20. The number of hydrogen-bond acceptors (Lipinski definition) is 6. The van der Waals surface area contributed by atoms with Crippen LogP contribution in [0.5, 0.6) is 0 Å². The monoisotopic (exact) mass is 346 g/mol. The van der Waals surface area contributed by atoms with Crippen LogP contribution >= 0.6 is 0 Å². The minimum Gasteiger partial charge on any atom is -0.364 e. The van der Waals surface area contributed by atoms with Gasteiger partial charge >= 0.3 is 0 Å². The molecule has 0 saturated carbocycles. The largest absolute Gasteiger partial charge is 0.364 e. The second-order valence-corrected chi connectivity index (χ2v) is 6.15. The van der Waals surface area contributed by atoms with Gasteiger partial charge in [-0.25, -0.2) is 4.99 Å². The summed E-state index contributed by atoms with van der Waals surface area (Å²) >= 11 is 0. The van der Waals surface area contributed by atoms with Crippen molar-refractivity contribution >= 4 is 5.96 Å². The van der Waals surface area contributed by atoms with Crippen LogP contribution in [0.3, 0.4) is 0 Å². The van der Waals surface area contributed by atoms with Crippen LogP contribution in [0, 0.1) is 6.92 Å². The molecule has 0 amide bonds. The van der Waals surface area contributed by atoms with Crippen molar-refractivity contribution < 1.29 is 4.52 Å². The van der Waals surface area contributed by atoms with E-state index in [4.69, 9.17) is 9.52 Å². The predicted molar refractivity (Wildman–Crippen MR) is 93.9 cm³/mol. The fraction of sp³-hybridized carbons (Fsp3) is 0.625. The van der Waals surface area contributed by atoms with E-state index in [-0.39, 0.29) is 0 Å². The minimum atomic E-state index is 0.527. The number of aromatic nitrogens is 4. The second kappa shape index (κ2) is 8.11. The Bertz CT molecular complexity index is 685. The molecule has 0 aliphatic carbocycles. The van der Waals surface area contributed by atoms with Crippen LogP contribution in [-0.4, -0.2) is 68.4 Å². The minimum absolute atomic E-state index is 0.527. The van der Waals surface area contributed by atoms with E-state index >= 15 is 0 Å². The van der Waals surface area contributed by atoms with E-state index in [0.29, 0.717) is 6.54 Å². The lowest BCUT2D eigenvalue weighted by atomic mass is 10.3. The Morgan fingerprint density at radius 3 is 2.68 bits per heavy atom. The molecule has 9 heteroatoms. The zero-order chi connectivity index (χ0) is 17.6. The maximum atomic E-state index is 4.90. The molecule has 1 aliphatic heterocycles. The third-order valence-corrected chi connectivity index (χ3v) is 4.44. The van der Waals surface area contributed by atoms with Gasteiger partial charge in [0.25, 0.3) is 0 Å². The summed E-state index contributed by atoms with van der Waals surface area (Å²) in [7, 11) is 1.97. The maximum absolute atomic E-state index is 4.90. The molecule has 3 rings (SSSR count). The summed E-state index contributed by atoms with van der Waals surface area (Å²) in [6.45, 7) is 10.0. The molecule has 25 heavy (non-hydrogen) atoms. The SMILES string of the molecule is CCNC(=NCc1nnc(C)n1C)N1CCN(Cc2ccon2)CC1. The summed E-state index contributed by atoms with van der Waals surface area (Å²) in [5.74, 6) is 2.71. The fourth-order valence-corrected chi connectivity index (χ4v) is 2.83. The third-order valence-electron chi connectivity index (χ3n) is 4.44. The van der Waals surface area contributed by atoms with Crippen molar-refractivity contribution in [3.63, 3.8) is 0 Å². The summed E-state index contributed by atoms with van der Waals surface area (Å²) in [5.41, 5.74) is 0.978. The number of rotatable bonds is 5. The number of piperazine rings is 1. The number of hydrogen-bond donors (Lipinski definition) is 1. The van der Waals surface area contributed by atoms with Crippen LogP contribution in [0.15, 0.2) is 21.8 Å². The number of aryl methyl sites for hydroxylation is 1. The Labute approximate surface area is 147 Å². The fourth-order valence-electron chi connectivity index (χ4n) is 2.83. The third kappa shape index (κ3) is 4.36. The van der Waals surface area contributed by atoms with Crippen LogP contribution < -0.4 is 5.32 Å². The van der Waals surface area contributed by atoms with Gasteiger partial charge in [0.15, 0.2) is 11.8 Å². The molecule has 0 unspecified atom stereocenters. The van der Waals surface area contributed by atoms with Gasteiger partial charge in [0.2, 0.25) is 0 Å². The van der Waals surface area contributed by atoms with Crippen molar-refractivity contribution in [3.05, 3.63) is 29.7 Å². The molecular formula is C16H26N8O. The molecule has 1 fully saturated rings. The van der Waals surface area contributed by atoms with Crippen molar-refractivity contribution in [2.45, 2.75) is 26.9 Å². The van der Waals surface area contributed by atoms with Crippen LogP contribution in [0.1, 0.15) is 24.3 Å². The van der Waals surface area contributed by atoms with E-state index < -0.39 is 0 Å². The molecule has 0 spiro atoms. The molecule has 136 valence electrons. The zero-order valence-corrected chi connectivity index (χ0v) is 15.1. The first kappa shape index (κ1) is 17.4. The summed E-state index contributed by atoms with van der Waals surface area (Å²) in [6, 6.07) is 1.92. The first-order valence-electron chi connectivity index (χ1n) is 8.67. The summed E-state index contributed by atoms with van der Waals surface area (Å²) < 4.78 is 6.88. The summed E-state index contributed by atoms with van der Waals surface area (Å²) in [4.78, 5) is 9.42. The van der Waals surface area contributed by atoms with Gasteiger partial charge in [-0.2, -0.15) is 0 Å². The van der Waals surface area contributed by atoms with Gasteiger partial charge in [0, 0.05) is 52.4 Å². The normalized spacial score (nSPS) is 16.4. The lowest BCUT2D eigenvalue weighted by Crippen LogP contribution is -2.52. The lowest BCUT2D eigenvalue weighted by Gasteiger charge is -2.36. The predicted octanol–water partition coefficient (Wildman–Crippen LogP) is 0.395. The first-order valence-corrected chi connectivity index (χ1v) is 8.67. The van der Waals surface area contributed by atoms with E-state index in [2.05, 4.69) is 37.4 Å². The molecule has 1 saturated heterocycles. The molecular weight excluding hydrogens is 320 g/mol. The second-order valence-electron chi connectivity index (χ2n) is 6.15. The number of aliphatic imine (C=N–C) groups is 1. The van der Waals surface area contributed by atoms with E-state index in [0.717, 1.165) is 62.6 Å². The van der Waals surface area contributed by atoms with Crippen LogP contribution in [0.2, 0.25) is 0 Å². The van der Waals surface area contributed by atoms with Crippen molar-refractivity contribution in [2.24, 2.45) is 12.0 Å². The van der Waals surface area contributed by atoms with Gasteiger partial charge in [0.1, 0.15) is 18.6 Å². The van der Waals surface area contributed by atoms with Crippen LogP contribution in [0.25, 0.3) is 0 Å². The smallest absolute Gasteiger partial charge is 0.194 e. The van der Waals surface area contributed by atoms with Gasteiger partial charge in [-0.1, -0.05) is 5.16 Å². The molecule has 0 radical (unpaired) electrons. The van der Waals surface area contributed by atoms with Crippen molar-refractivity contribution in [1.29, 1.82) is 0 Å². The zero-order valence-electron chi connectivity index (χ0n) is 15.1. The van der Waals surface area contributed by atoms with E-state index in [1.54, 1.807) is 6.26 Å². The Hall–Kier alpha value is -2.42. The van der Waals surface area contributed by atoms with E-state index in [1.807, 2.05) is 24.6 Å². The average Bonchev–Trinajstić information content (AvgIpc) is 3.24. The average molecular weight is 346 g/mol. The van der Waals surface area contributed by atoms with Gasteiger partial charge in [0.05, 0.1) is 5.69 Å². The molecule has 2 aromatic heterocycles. The summed E-state index contributed by atoms with van der Waals surface area (Å²) in [5, 5.41) is 15.6. The maximum Gasteiger partial charge on any atom is 0.194 e. The number of nitrogens with one attached hydrogen (secondary N) is 1. The number of nitrogens with zero attached hydrogens (tertiary/aromatic N) is 7. The highest BCUT2D eigenvalue weighted by Crippen LogP contribution is 2.08. The highest BCUT2D eigenvalue weighted by atomic mass is 16.5. The molecule has 1 N–H and O–H groups in total. The molecule has 2 aromatic rings. The topological polar surface area (TPSA) is 87.6 Å². The van der Waals surface area contributed by atoms with Crippen LogP contribution in [0.4, 0.5) is 0 Å². The number of guanidine groups is 1. The van der Waals surface area contributed by atoms with E-state index in [1.165, 1.54) is 0 Å². The Balaban J connectivity index is 1.57. The summed E-state index contributed by atoms with van der Waals surface area (Å²) in [6.07, 6.45) is 1.62. The molecule has 0 bridgehead atoms. The Morgan fingerprint density at radius 1 is 1.28 bits per heavy atom. The van der Waals surface area contributed by atoms with Crippen LogP contribution in [-0.2, 0) is 20.1 Å². The standard InChI is InChI=1S/C16H26N8O/c1-4-17-16(18-11-15-20-19-13(2)22(15)3)24-8-6-23(7-9-24)12-14-5-10-25-21-14/h5,10H,4,6-9,11-12H2,1-3H3,(H,17,18). The van der Waals surface area contributed by atoms with Crippen molar-refractivity contribution in [3.8, 4) is 0 Å². The van der Waals surface area contributed by atoms with Gasteiger partial charge in [-0.05, 0) is 13.8 Å². The van der Waals surface area contributed by atoms with Gasteiger partial charge < -0.3 is 19.3 Å². The lowest BCUT2D eigenvalue weighted by molar-refractivity contribution is 0.169. The highest BCUT2D eigenvalue weighted by molar-refractivity contribution is 5.80. The molecule has 0 atom stereocenters. The Morgan fingerprint density at radius 2 is 2.08 bits per heavy atom. The molecule has 9 nitrogen and oxygen atoms in total. The molecule has 1 aliphatic rings. The van der Waals surface area contributed by atoms with E-state index in [9.17, 15) is 0 Å². The Kier molecular flexibility index (Phi) is 5.64. The first-order chi connectivity index (χ1) is 12.2. The quantitative estimate of drug-likeness (QED) is 0.619.